The Morgan fingerprint density at radius 1 is 1.04 bits per heavy atom. The summed E-state index contributed by atoms with van der Waals surface area (Å²) in [5.74, 6) is -0.354. The molecular weight excluding hydrogens is 374 g/mol. The fourth-order valence-electron chi connectivity index (χ4n) is 2.72. The SMILES string of the molecule is Cc1ccc(NS(=O)(=O)c2cccc(C(=O)NCc3cccnc3)c2)c(C)c1. The minimum atomic E-state index is -3.81. The Morgan fingerprint density at radius 3 is 2.57 bits per heavy atom. The largest absolute Gasteiger partial charge is 0.348 e. The maximum Gasteiger partial charge on any atom is 0.261 e. The Balaban J connectivity index is 1.76. The van der Waals surface area contributed by atoms with Crippen LogP contribution in [0.1, 0.15) is 27.0 Å². The molecular formula is C21H21N3O3S. The molecule has 1 heterocycles. The molecule has 0 aliphatic heterocycles. The van der Waals surface area contributed by atoms with Crippen molar-refractivity contribution in [1.29, 1.82) is 0 Å². The molecule has 0 aliphatic carbocycles. The molecule has 0 bridgehead atoms. The lowest BCUT2D eigenvalue weighted by molar-refractivity contribution is 0.0950. The van der Waals surface area contributed by atoms with Gasteiger partial charge in [0.15, 0.2) is 0 Å². The quantitative estimate of drug-likeness (QED) is 0.669. The van der Waals surface area contributed by atoms with E-state index in [1.54, 1.807) is 36.7 Å². The molecule has 2 aromatic carbocycles. The van der Waals surface area contributed by atoms with Gasteiger partial charge < -0.3 is 5.32 Å². The van der Waals surface area contributed by atoms with Gasteiger partial charge in [-0.2, -0.15) is 0 Å². The summed E-state index contributed by atoms with van der Waals surface area (Å²) in [4.78, 5) is 16.4. The van der Waals surface area contributed by atoms with E-state index >= 15 is 0 Å². The number of hydrogen-bond donors (Lipinski definition) is 2. The topological polar surface area (TPSA) is 88.2 Å². The van der Waals surface area contributed by atoms with Crippen LogP contribution in [0.25, 0.3) is 0 Å². The summed E-state index contributed by atoms with van der Waals surface area (Å²) < 4.78 is 28.1. The second-order valence-electron chi connectivity index (χ2n) is 6.50. The van der Waals surface area contributed by atoms with Crippen LogP contribution >= 0.6 is 0 Å². The Hall–Kier alpha value is -3.19. The minimum Gasteiger partial charge on any atom is -0.348 e. The van der Waals surface area contributed by atoms with Crippen molar-refractivity contribution in [2.45, 2.75) is 25.3 Å². The summed E-state index contributed by atoms with van der Waals surface area (Å²) in [7, 11) is -3.81. The second kappa shape index (κ2) is 8.22. The molecule has 144 valence electrons. The number of anilines is 1. The molecule has 3 rings (SSSR count). The van der Waals surface area contributed by atoms with Gasteiger partial charge in [0.2, 0.25) is 0 Å². The first-order valence-electron chi connectivity index (χ1n) is 8.72. The molecule has 1 amide bonds. The maximum atomic E-state index is 12.7. The number of nitrogens with one attached hydrogen (secondary N) is 2. The molecule has 0 spiro atoms. The number of carbonyl (C=O) groups is 1. The third-order valence-corrected chi connectivity index (χ3v) is 5.57. The number of pyridine rings is 1. The van der Waals surface area contributed by atoms with Gasteiger partial charge in [0.25, 0.3) is 15.9 Å². The molecule has 0 saturated heterocycles. The van der Waals surface area contributed by atoms with E-state index < -0.39 is 10.0 Å². The molecule has 0 fully saturated rings. The van der Waals surface area contributed by atoms with Crippen LogP contribution in [0, 0.1) is 13.8 Å². The Labute approximate surface area is 164 Å². The summed E-state index contributed by atoms with van der Waals surface area (Å²) in [6, 6.07) is 15.1. The average molecular weight is 395 g/mol. The van der Waals surface area contributed by atoms with Crippen LogP contribution in [0.15, 0.2) is 71.9 Å². The first kappa shape index (κ1) is 19.6. The minimum absolute atomic E-state index is 0.0292. The van der Waals surface area contributed by atoms with Crippen LogP contribution in [-0.4, -0.2) is 19.3 Å². The van der Waals surface area contributed by atoms with Gasteiger partial charge in [-0.1, -0.05) is 29.8 Å². The lowest BCUT2D eigenvalue weighted by Crippen LogP contribution is -2.23. The van der Waals surface area contributed by atoms with Crippen molar-refractivity contribution in [1.82, 2.24) is 10.3 Å². The zero-order valence-corrected chi connectivity index (χ0v) is 16.5. The van der Waals surface area contributed by atoms with Gasteiger partial charge in [-0.3, -0.25) is 14.5 Å². The lowest BCUT2D eigenvalue weighted by Gasteiger charge is -2.12. The number of carbonyl (C=O) groups excluding carboxylic acids is 1. The third kappa shape index (κ3) is 4.75. The number of aryl methyl sites for hydroxylation is 2. The number of nitrogens with zero attached hydrogens (tertiary/aromatic N) is 1. The van der Waals surface area contributed by atoms with Crippen LogP contribution in [0.5, 0.6) is 0 Å². The zero-order chi connectivity index (χ0) is 20.1. The van der Waals surface area contributed by atoms with Crippen molar-refractivity contribution in [2.24, 2.45) is 0 Å². The second-order valence-corrected chi connectivity index (χ2v) is 8.18. The summed E-state index contributed by atoms with van der Waals surface area (Å²) in [6.45, 7) is 4.09. The summed E-state index contributed by atoms with van der Waals surface area (Å²) >= 11 is 0. The van der Waals surface area contributed by atoms with Crippen LogP contribution in [0.2, 0.25) is 0 Å². The Bertz CT molecular complexity index is 1100. The van der Waals surface area contributed by atoms with E-state index in [2.05, 4.69) is 15.0 Å². The molecule has 0 aliphatic rings. The standard InChI is InChI=1S/C21H21N3O3S/c1-15-8-9-20(16(2)11-15)24-28(26,27)19-7-3-6-18(12-19)21(25)23-14-17-5-4-10-22-13-17/h3-13,24H,14H2,1-2H3,(H,23,25). The predicted molar refractivity (Wildman–Crippen MR) is 109 cm³/mol. The molecule has 0 unspecified atom stereocenters. The number of aromatic nitrogens is 1. The van der Waals surface area contributed by atoms with Gasteiger partial charge in [-0.05, 0) is 55.3 Å². The van der Waals surface area contributed by atoms with Gasteiger partial charge >= 0.3 is 0 Å². The zero-order valence-electron chi connectivity index (χ0n) is 15.6. The van der Waals surface area contributed by atoms with Gasteiger partial charge in [-0.25, -0.2) is 8.42 Å². The molecule has 0 saturated carbocycles. The summed E-state index contributed by atoms with van der Waals surface area (Å²) in [5, 5.41) is 2.76. The van der Waals surface area contributed by atoms with Crippen molar-refractivity contribution in [3.8, 4) is 0 Å². The fraction of sp³-hybridized carbons (Fsp3) is 0.143. The predicted octanol–water partition coefficient (Wildman–Crippen LogP) is 3.43. The number of amides is 1. The van der Waals surface area contributed by atoms with Crippen LogP contribution in [0.3, 0.4) is 0 Å². The summed E-state index contributed by atoms with van der Waals surface area (Å²) in [6.07, 6.45) is 3.32. The normalized spacial score (nSPS) is 11.1. The molecule has 28 heavy (non-hydrogen) atoms. The van der Waals surface area contributed by atoms with E-state index in [-0.39, 0.29) is 16.4 Å². The van der Waals surface area contributed by atoms with Crippen LogP contribution in [0.4, 0.5) is 5.69 Å². The molecule has 6 nitrogen and oxygen atoms in total. The Morgan fingerprint density at radius 2 is 1.86 bits per heavy atom. The average Bonchev–Trinajstić information content (AvgIpc) is 2.69. The highest BCUT2D eigenvalue weighted by atomic mass is 32.2. The number of sulfonamides is 1. The lowest BCUT2D eigenvalue weighted by atomic mass is 10.1. The van der Waals surface area contributed by atoms with Crippen molar-refractivity contribution < 1.29 is 13.2 Å². The van der Waals surface area contributed by atoms with E-state index in [0.717, 1.165) is 16.7 Å². The number of hydrogen-bond acceptors (Lipinski definition) is 4. The first-order chi connectivity index (χ1) is 13.3. The van der Waals surface area contributed by atoms with E-state index in [0.29, 0.717) is 12.2 Å². The first-order valence-corrected chi connectivity index (χ1v) is 10.2. The highest BCUT2D eigenvalue weighted by Crippen LogP contribution is 2.21. The summed E-state index contributed by atoms with van der Waals surface area (Å²) in [5.41, 5.74) is 3.52. The van der Waals surface area contributed by atoms with Crippen LogP contribution < -0.4 is 10.0 Å². The van der Waals surface area contributed by atoms with E-state index in [4.69, 9.17) is 0 Å². The smallest absolute Gasteiger partial charge is 0.261 e. The monoisotopic (exact) mass is 395 g/mol. The molecule has 2 N–H and O–H groups in total. The third-order valence-electron chi connectivity index (χ3n) is 4.21. The fourth-order valence-corrected chi connectivity index (χ4v) is 3.90. The van der Waals surface area contributed by atoms with Gasteiger partial charge in [-0.15, -0.1) is 0 Å². The highest BCUT2D eigenvalue weighted by Gasteiger charge is 2.17. The van der Waals surface area contributed by atoms with E-state index in [9.17, 15) is 13.2 Å². The maximum absolute atomic E-state index is 12.7. The van der Waals surface area contributed by atoms with Crippen molar-refractivity contribution in [3.63, 3.8) is 0 Å². The molecule has 0 radical (unpaired) electrons. The van der Waals surface area contributed by atoms with E-state index in [1.165, 1.54) is 12.1 Å². The Kier molecular flexibility index (Phi) is 5.75. The molecule has 7 heteroatoms. The van der Waals surface area contributed by atoms with Gasteiger partial charge in [0, 0.05) is 24.5 Å². The van der Waals surface area contributed by atoms with Gasteiger partial charge in [0.1, 0.15) is 0 Å². The molecule has 0 atom stereocenters. The van der Waals surface area contributed by atoms with Crippen molar-refractivity contribution in [3.05, 3.63) is 89.2 Å². The molecule has 1 aromatic heterocycles. The highest BCUT2D eigenvalue weighted by molar-refractivity contribution is 7.92. The van der Waals surface area contributed by atoms with Gasteiger partial charge in [0.05, 0.1) is 10.6 Å². The molecule has 3 aromatic rings. The van der Waals surface area contributed by atoms with E-state index in [1.807, 2.05) is 32.0 Å². The number of rotatable bonds is 6. The number of benzene rings is 2. The van der Waals surface area contributed by atoms with Crippen molar-refractivity contribution in [2.75, 3.05) is 4.72 Å². The van der Waals surface area contributed by atoms with Crippen LogP contribution in [-0.2, 0) is 16.6 Å². The van der Waals surface area contributed by atoms with Crippen molar-refractivity contribution >= 4 is 21.6 Å².